The van der Waals surface area contributed by atoms with Crippen LogP contribution >= 0.6 is 0 Å². The van der Waals surface area contributed by atoms with E-state index in [9.17, 15) is 17.6 Å². The van der Waals surface area contributed by atoms with Crippen molar-refractivity contribution in [1.29, 1.82) is 0 Å². The van der Waals surface area contributed by atoms with Gasteiger partial charge in [-0.15, -0.1) is 0 Å². The second kappa shape index (κ2) is 5.96. The Morgan fingerprint density at radius 3 is 2.87 bits per heavy atom. The lowest BCUT2D eigenvalue weighted by Gasteiger charge is -2.13. The van der Waals surface area contributed by atoms with Gasteiger partial charge in [-0.2, -0.15) is 4.39 Å². The third kappa shape index (κ3) is 3.31. The van der Waals surface area contributed by atoms with Crippen LogP contribution in [-0.4, -0.2) is 25.2 Å². The molecular formula is C15H14FN3O3S. The molecule has 0 aliphatic carbocycles. The standard InChI is InChI=1S/C15H14FN3O3S/c16-14-7-10(5-6-17-14)8-18-15(20)19-12-9-23(21,22)13-4-2-1-3-11(12)13/h1-7,12H,8-9H2,(H2,18,19,20). The Hall–Kier alpha value is -2.48. The Balaban J connectivity index is 1.65. The highest BCUT2D eigenvalue weighted by Gasteiger charge is 2.35. The molecule has 23 heavy (non-hydrogen) atoms. The predicted octanol–water partition coefficient (Wildman–Crippen LogP) is 1.55. The maximum absolute atomic E-state index is 13.0. The normalized spacial score (nSPS) is 18.2. The van der Waals surface area contributed by atoms with E-state index in [1.807, 2.05) is 0 Å². The smallest absolute Gasteiger partial charge is 0.315 e. The van der Waals surface area contributed by atoms with Gasteiger partial charge in [0.15, 0.2) is 9.84 Å². The van der Waals surface area contributed by atoms with Crippen molar-refractivity contribution < 1.29 is 17.6 Å². The predicted molar refractivity (Wildman–Crippen MR) is 80.8 cm³/mol. The number of hydrogen-bond donors (Lipinski definition) is 2. The van der Waals surface area contributed by atoms with Crippen molar-refractivity contribution in [3.8, 4) is 0 Å². The van der Waals surface area contributed by atoms with Gasteiger partial charge in [0.05, 0.1) is 16.7 Å². The average Bonchev–Trinajstić information content (AvgIpc) is 2.77. The first-order chi connectivity index (χ1) is 11.0. The maximum atomic E-state index is 13.0. The van der Waals surface area contributed by atoms with Gasteiger partial charge in [0, 0.05) is 12.7 Å². The number of nitrogens with one attached hydrogen (secondary N) is 2. The van der Waals surface area contributed by atoms with Crippen LogP contribution in [0.25, 0.3) is 0 Å². The van der Waals surface area contributed by atoms with E-state index in [4.69, 9.17) is 0 Å². The third-order valence-corrected chi connectivity index (χ3v) is 5.38. The van der Waals surface area contributed by atoms with Crippen LogP contribution in [0.2, 0.25) is 0 Å². The molecule has 0 fully saturated rings. The van der Waals surface area contributed by atoms with E-state index >= 15 is 0 Å². The number of nitrogens with zero attached hydrogens (tertiary/aromatic N) is 1. The van der Waals surface area contributed by atoms with Gasteiger partial charge in [-0.05, 0) is 29.3 Å². The van der Waals surface area contributed by atoms with Crippen molar-refractivity contribution in [3.63, 3.8) is 0 Å². The Morgan fingerprint density at radius 1 is 1.30 bits per heavy atom. The molecule has 0 saturated carbocycles. The van der Waals surface area contributed by atoms with Crippen LogP contribution in [-0.2, 0) is 16.4 Å². The van der Waals surface area contributed by atoms with E-state index in [2.05, 4.69) is 15.6 Å². The molecular weight excluding hydrogens is 321 g/mol. The van der Waals surface area contributed by atoms with Crippen LogP contribution in [0.5, 0.6) is 0 Å². The van der Waals surface area contributed by atoms with E-state index in [0.29, 0.717) is 11.1 Å². The molecule has 2 N–H and O–H groups in total. The first-order valence-corrected chi connectivity index (χ1v) is 8.57. The molecule has 2 heterocycles. The van der Waals surface area contributed by atoms with Crippen LogP contribution in [0.15, 0.2) is 47.5 Å². The van der Waals surface area contributed by atoms with Gasteiger partial charge in [0.1, 0.15) is 0 Å². The van der Waals surface area contributed by atoms with Crippen molar-refractivity contribution in [2.45, 2.75) is 17.5 Å². The first kappa shape index (κ1) is 15.4. The van der Waals surface area contributed by atoms with Crippen LogP contribution in [0.1, 0.15) is 17.2 Å². The second-order valence-corrected chi connectivity index (χ2v) is 7.19. The van der Waals surface area contributed by atoms with E-state index in [-0.39, 0.29) is 17.2 Å². The monoisotopic (exact) mass is 335 g/mol. The van der Waals surface area contributed by atoms with Gasteiger partial charge in [0.25, 0.3) is 0 Å². The minimum atomic E-state index is -3.37. The van der Waals surface area contributed by atoms with Gasteiger partial charge in [0.2, 0.25) is 5.95 Å². The number of benzene rings is 1. The molecule has 8 heteroatoms. The van der Waals surface area contributed by atoms with Crippen molar-refractivity contribution in [1.82, 2.24) is 15.6 Å². The molecule has 1 atom stereocenters. The third-order valence-electron chi connectivity index (χ3n) is 3.56. The first-order valence-electron chi connectivity index (χ1n) is 6.92. The Kier molecular flexibility index (Phi) is 3.99. The molecule has 2 amide bonds. The van der Waals surface area contributed by atoms with E-state index in [1.54, 1.807) is 24.3 Å². The lowest BCUT2D eigenvalue weighted by Crippen LogP contribution is -2.38. The number of halogens is 1. The zero-order valence-corrected chi connectivity index (χ0v) is 12.8. The largest absolute Gasteiger partial charge is 0.334 e. The Morgan fingerprint density at radius 2 is 2.09 bits per heavy atom. The lowest BCUT2D eigenvalue weighted by atomic mass is 10.1. The van der Waals surface area contributed by atoms with Crippen molar-refractivity contribution in [3.05, 3.63) is 59.7 Å². The zero-order chi connectivity index (χ0) is 16.4. The molecule has 1 aliphatic heterocycles. The summed E-state index contributed by atoms with van der Waals surface area (Å²) in [4.78, 5) is 15.6. The van der Waals surface area contributed by atoms with Crippen molar-refractivity contribution >= 4 is 15.9 Å². The van der Waals surface area contributed by atoms with Crippen LogP contribution in [0.4, 0.5) is 9.18 Å². The fourth-order valence-corrected chi connectivity index (χ4v) is 4.25. The van der Waals surface area contributed by atoms with E-state index in [0.717, 1.165) is 0 Å². The summed E-state index contributed by atoms with van der Waals surface area (Å²) in [5, 5.41) is 5.21. The lowest BCUT2D eigenvalue weighted by molar-refractivity contribution is 0.237. The maximum Gasteiger partial charge on any atom is 0.315 e. The Labute approximate surface area is 132 Å². The fraction of sp³-hybridized carbons (Fsp3) is 0.200. The molecule has 1 aromatic heterocycles. The summed E-state index contributed by atoms with van der Waals surface area (Å²) in [6.45, 7) is 0.117. The highest BCUT2D eigenvalue weighted by atomic mass is 32.2. The number of hydrogen-bond acceptors (Lipinski definition) is 4. The summed E-state index contributed by atoms with van der Waals surface area (Å²) in [5.41, 5.74) is 1.14. The van der Waals surface area contributed by atoms with Gasteiger partial charge in [-0.1, -0.05) is 18.2 Å². The number of fused-ring (bicyclic) bond motifs is 1. The molecule has 3 rings (SSSR count). The van der Waals surface area contributed by atoms with Gasteiger partial charge >= 0.3 is 6.03 Å². The highest BCUT2D eigenvalue weighted by molar-refractivity contribution is 7.91. The van der Waals surface area contributed by atoms with E-state index < -0.39 is 27.9 Å². The second-order valence-electron chi connectivity index (χ2n) is 5.19. The topological polar surface area (TPSA) is 88.2 Å². The minimum Gasteiger partial charge on any atom is -0.334 e. The SMILES string of the molecule is O=C(NCc1ccnc(F)c1)NC1CS(=O)(=O)c2ccccc21. The summed E-state index contributed by atoms with van der Waals surface area (Å²) < 4.78 is 37.0. The average molecular weight is 335 g/mol. The van der Waals surface area contributed by atoms with Crippen LogP contribution in [0.3, 0.4) is 0 Å². The number of amides is 2. The van der Waals surface area contributed by atoms with E-state index in [1.165, 1.54) is 18.3 Å². The number of pyridine rings is 1. The molecule has 120 valence electrons. The van der Waals surface area contributed by atoms with Gasteiger partial charge in [-0.3, -0.25) is 0 Å². The quantitative estimate of drug-likeness (QED) is 0.833. The number of carbonyl (C=O) groups is 1. The summed E-state index contributed by atoms with van der Waals surface area (Å²) in [7, 11) is -3.37. The Bertz CT molecular complexity index is 855. The zero-order valence-electron chi connectivity index (χ0n) is 12.0. The summed E-state index contributed by atoms with van der Waals surface area (Å²) in [5.74, 6) is -0.788. The van der Waals surface area contributed by atoms with Gasteiger partial charge < -0.3 is 10.6 Å². The molecule has 1 aliphatic rings. The summed E-state index contributed by atoms with van der Waals surface area (Å²) in [6, 6.07) is 8.29. The molecule has 0 spiro atoms. The van der Waals surface area contributed by atoms with Crippen LogP contribution < -0.4 is 10.6 Å². The highest BCUT2D eigenvalue weighted by Crippen LogP contribution is 2.32. The molecule has 2 aromatic rings. The number of sulfone groups is 1. The number of aromatic nitrogens is 1. The molecule has 0 saturated heterocycles. The van der Waals surface area contributed by atoms with Crippen molar-refractivity contribution in [2.24, 2.45) is 0 Å². The molecule has 0 radical (unpaired) electrons. The number of rotatable bonds is 3. The molecule has 1 aromatic carbocycles. The fourth-order valence-electron chi connectivity index (χ4n) is 2.51. The van der Waals surface area contributed by atoms with Crippen molar-refractivity contribution in [2.75, 3.05) is 5.75 Å². The minimum absolute atomic E-state index is 0.117. The summed E-state index contributed by atoms with van der Waals surface area (Å²) in [6.07, 6.45) is 1.31. The number of carbonyl (C=O) groups excluding carboxylic acids is 1. The molecule has 1 unspecified atom stereocenters. The summed E-state index contributed by atoms with van der Waals surface area (Å²) >= 11 is 0. The van der Waals surface area contributed by atoms with Gasteiger partial charge in [-0.25, -0.2) is 18.2 Å². The number of urea groups is 1. The molecule has 0 bridgehead atoms. The van der Waals surface area contributed by atoms with Crippen LogP contribution in [0, 0.1) is 5.95 Å². The molecule has 6 nitrogen and oxygen atoms in total.